The predicted octanol–water partition coefficient (Wildman–Crippen LogP) is 3.19. The molecule has 0 bridgehead atoms. The van der Waals surface area contributed by atoms with E-state index in [9.17, 15) is 13.2 Å². The average molecular weight is 350 g/mol. The highest BCUT2D eigenvalue weighted by atomic mass is 35.5. The van der Waals surface area contributed by atoms with Gasteiger partial charge in [0.2, 0.25) is 5.28 Å². The Labute approximate surface area is 135 Å². The Kier molecular flexibility index (Phi) is 4.86. The lowest BCUT2D eigenvalue weighted by molar-refractivity contribution is -0.0298. The second-order valence-corrected chi connectivity index (χ2v) is 5.56. The van der Waals surface area contributed by atoms with Gasteiger partial charge in [-0.05, 0) is 30.9 Å². The molecule has 1 aliphatic heterocycles. The van der Waals surface area contributed by atoms with Gasteiger partial charge in [0, 0.05) is 6.61 Å². The zero-order valence-electron chi connectivity index (χ0n) is 12.1. The molecular weight excluding hydrogens is 335 g/mol. The maximum atomic E-state index is 13.1. The van der Waals surface area contributed by atoms with Crippen LogP contribution in [-0.2, 0) is 4.74 Å². The number of imidazole rings is 1. The summed E-state index contributed by atoms with van der Waals surface area (Å²) in [4.78, 5) is 12.2. The summed E-state index contributed by atoms with van der Waals surface area (Å²) in [5.41, 5.74) is 0.761. The molecule has 2 aromatic heterocycles. The van der Waals surface area contributed by atoms with Crippen molar-refractivity contribution < 1.29 is 17.9 Å². The Morgan fingerprint density at radius 1 is 1.35 bits per heavy atom. The predicted molar refractivity (Wildman–Crippen MR) is 78.6 cm³/mol. The van der Waals surface area contributed by atoms with Crippen LogP contribution in [0, 0.1) is 0 Å². The maximum Gasteiger partial charge on any atom is 0.271 e. The van der Waals surface area contributed by atoms with E-state index in [1.807, 2.05) is 0 Å². The van der Waals surface area contributed by atoms with Crippen LogP contribution in [0.2, 0.25) is 5.28 Å². The van der Waals surface area contributed by atoms with E-state index in [0.29, 0.717) is 17.8 Å². The van der Waals surface area contributed by atoms with E-state index in [0.717, 1.165) is 19.3 Å². The number of nitrogens with zero attached hydrogens (tertiary/aromatic N) is 4. The summed E-state index contributed by atoms with van der Waals surface area (Å²) < 4.78 is 45.0. The zero-order valence-corrected chi connectivity index (χ0v) is 12.8. The van der Waals surface area contributed by atoms with Crippen molar-refractivity contribution in [1.29, 1.82) is 0 Å². The summed E-state index contributed by atoms with van der Waals surface area (Å²) >= 11 is 5.88. The number of alkyl halides is 3. The van der Waals surface area contributed by atoms with Crippen LogP contribution in [0.3, 0.4) is 0 Å². The topological polar surface area (TPSA) is 64.9 Å². The Balaban J connectivity index is 1.89. The van der Waals surface area contributed by atoms with Gasteiger partial charge in [-0.25, -0.2) is 18.2 Å². The van der Waals surface area contributed by atoms with Crippen molar-refractivity contribution in [3.8, 4) is 0 Å². The molecule has 1 N–H and O–H groups in total. The number of ether oxygens (including phenoxy) is 1. The highest BCUT2D eigenvalue weighted by Crippen LogP contribution is 2.28. The number of halogens is 4. The fourth-order valence-electron chi connectivity index (χ4n) is 2.45. The van der Waals surface area contributed by atoms with E-state index in [-0.39, 0.29) is 17.3 Å². The first-order valence-electron chi connectivity index (χ1n) is 7.24. The average Bonchev–Trinajstić information content (AvgIpc) is 2.96. The van der Waals surface area contributed by atoms with E-state index in [2.05, 4.69) is 20.3 Å². The molecule has 1 saturated heterocycles. The third-order valence-corrected chi connectivity index (χ3v) is 3.77. The van der Waals surface area contributed by atoms with Gasteiger partial charge < -0.3 is 10.1 Å². The van der Waals surface area contributed by atoms with Gasteiger partial charge in [0.1, 0.15) is 6.23 Å². The lowest BCUT2D eigenvalue weighted by Crippen LogP contribution is -2.23. The van der Waals surface area contributed by atoms with Crippen LogP contribution in [0.15, 0.2) is 6.33 Å². The molecule has 2 atom stereocenters. The molecule has 0 saturated carbocycles. The van der Waals surface area contributed by atoms with Gasteiger partial charge >= 0.3 is 0 Å². The van der Waals surface area contributed by atoms with Gasteiger partial charge in [-0.2, -0.15) is 9.97 Å². The largest absolute Gasteiger partial charge is 0.365 e. The minimum atomic E-state index is -3.07. The lowest BCUT2D eigenvalue weighted by atomic mass is 10.2. The fraction of sp³-hybridized carbons (Fsp3) is 0.615. The smallest absolute Gasteiger partial charge is 0.271 e. The van der Waals surface area contributed by atoms with Crippen LogP contribution in [0.5, 0.6) is 0 Å². The van der Waals surface area contributed by atoms with Crippen molar-refractivity contribution in [3.05, 3.63) is 11.6 Å². The molecule has 0 aromatic carbocycles. The molecule has 0 amide bonds. The first kappa shape index (κ1) is 16.3. The van der Waals surface area contributed by atoms with Crippen molar-refractivity contribution in [2.24, 2.45) is 0 Å². The number of anilines is 1. The number of hydrogen-bond donors (Lipinski definition) is 1. The Morgan fingerprint density at radius 3 is 2.87 bits per heavy atom. The third kappa shape index (κ3) is 3.50. The van der Waals surface area contributed by atoms with E-state index in [4.69, 9.17) is 16.3 Å². The maximum absolute atomic E-state index is 13.1. The standard InChI is InChI=1S/C13H15ClF3N5O/c14-13-20-11(18-5-7(15)10(16)17)9-12(21-13)22(6-19-9)8-3-1-2-4-23-8/h6-8,10H,1-5H2,(H,18,20,21). The highest BCUT2D eigenvalue weighted by Gasteiger charge is 2.23. The van der Waals surface area contributed by atoms with Crippen LogP contribution in [-0.4, -0.2) is 45.3 Å². The molecule has 23 heavy (non-hydrogen) atoms. The molecule has 126 valence electrons. The molecule has 2 unspecified atom stereocenters. The molecule has 0 aliphatic carbocycles. The molecule has 10 heteroatoms. The van der Waals surface area contributed by atoms with Gasteiger partial charge in [-0.15, -0.1) is 0 Å². The quantitative estimate of drug-likeness (QED) is 0.840. The summed E-state index contributed by atoms with van der Waals surface area (Å²) in [6.45, 7) is 0.0546. The van der Waals surface area contributed by atoms with Gasteiger partial charge in [0.05, 0.1) is 12.9 Å². The van der Waals surface area contributed by atoms with E-state index in [1.165, 1.54) is 6.33 Å². The van der Waals surface area contributed by atoms with Crippen LogP contribution < -0.4 is 5.32 Å². The zero-order chi connectivity index (χ0) is 16.4. The molecule has 0 radical (unpaired) electrons. The molecule has 1 fully saturated rings. The van der Waals surface area contributed by atoms with Crippen molar-refractivity contribution >= 4 is 28.6 Å². The number of fused-ring (bicyclic) bond motifs is 1. The second kappa shape index (κ2) is 6.88. The number of rotatable bonds is 5. The normalized spacial score (nSPS) is 20.1. The van der Waals surface area contributed by atoms with Gasteiger partial charge in [-0.3, -0.25) is 4.57 Å². The van der Waals surface area contributed by atoms with Crippen LogP contribution in [0.25, 0.3) is 11.2 Å². The van der Waals surface area contributed by atoms with E-state index >= 15 is 0 Å². The highest BCUT2D eigenvalue weighted by molar-refractivity contribution is 6.28. The van der Waals surface area contributed by atoms with E-state index < -0.39 is 19.1 Å². The molecule has 2 aromatic rings. The Bertz CT molecular complexity index is 677. The summed E-state index contributed by atoms with van der Waals surface area (Å²) in [6.07, 6.45) is -1.21. The van der Waals surface area contributed by atoms with Crippen molar-refractivity contribution in [1.82, 2.24) is 19.5 Å². The molecule has 6 nitrogen and oxygen atoms in total. The van der Waals surface area contributed by atoms with Crippen LogP contribution >= 0.6 is 11.6 Å². The van der Waals surface area contributed by atoms with Crippen molar-refractivity contribution in [3.63, 3.8) is 0 Å². The minimum Gasteiger partial charge on any atom is -0.365 e. The summed E-state index contributed by atoms with van der Waals surface area (Å²) in [5, 5.41) is 2.44. The third-order valence-electron chi connectivity index (χ3n) is 3.60. The summed E-state index contributed by atoms with van der Waals surface area (Å²) in [6, 6.07) is 0. The van der Waals surface area contributed by atoms with Crippen LogP contribution in [0.1, 0.15) is 25.5 Å². The van der Waals surface area contributed by atoms with Gasteiger partial charge in [0.25, 0.3) is 6.43 Å². The fourth-order valence-corrected chi connectivity index (χ4v) is 2.61. The second-order valence-electron chi connectivity index (χ2n) is 5.22. The van der Waals surface area contributed by atoms with Crippen molar-refractivity contribution in [2.75, 3.05) is 18.5 Å². The summed E-state index contributed by atoms with van der Waals surface area (Å²) in [7, 11) is 0. The number of nitrogens with one attached hydrogen (secondary N) is 1. The number of hydrogen-bond acceptors (Lipinski definition) is 5. The van der Waals surface area contributed by atoms with E-state index in [1.54, 1.807) is 4.57 Å². The summed E-state index contributed by atoms with van der Waals surface area (Å²) in [5.74, 6) is 0.123. The molecular formula is C13H15ClF3N5O. The first-order valence-corrected chi connectivity index (χ1v) is 7.62. The van der Waals surface area contributed by atoms with Gasteiger partial charge in [0.15, 0.2) is 23.2 Å². The minimum absolute atomic E-state index is 0.0787. The lowest BCUT2D eigenvalue weighted by Gasteiger charge is -2.23. The molecule has 3 heterocycles. The van der Waals surface area contributed by atoms with Crippen LogP contribution in [0.4, 0.5) is 19.0 Å². The first-order chi connectivity index (χ1) is 11.1. The molecule has 3 rings (SSSR count). The monoisotopic (exact) mass is 349 g/mol. The number of aromatic nitrogens is 4. The molecule has 1 aliphatic rings. The SMILES string of the molecule is FC(F)C(F)CNc1nc(Cl)nc2c1ncn2C1CCCCO1. The van der Waals surface area contributed by atoms with Gasteiger partial charge in [-0.1, -0.05) is 0 Å². The Morgan fingerprint density at radius 2 is 2.17 bits per heavy atom. The molecule has 0 spiro atoms. The Hall–Kier alpha value is -1.61. The van der Waals surface area contributed by atoms with Crippen molar-refractivity contribution in [2.45, 2.75) is 38.1 Å².